The Balaban J connectivity index is 1.77. The van der Waals surface area contributed by atoms with E-state index in [1.54, 1.807) is 0 Å². The van der Waals surface area contributed by atoms with Crippen LogP contribution in [0.2, 0.25) is 0 Å². The third kappa shape index (κ3) is 1.86. The number of anilines is 2. The number of nitrogens with zero attached hydrogens (tertiary/aromatic N) is 1. The Morgan fingerprint density at radius 3 is 2.56 bits per heavy atom. The minimum absolute atomic E-state index is 0.659. The first-order chi connectivity index (χ1) is 12.2. The molecule has 0 aliphatic carbocycles. The van der Waals surface area contributed by atoms with Crippen LogP contribution >= 0.6 is 0 Å². The average molecular weight is 326 g/mol. The fourth-order valence-electron chi connectivity index (χ4n) is 3.90. The van der Waals surface area contributed by atoms with Gasteiger partial charge in [0.15, 0.2) is 0 Å². The Labute approximate surface area is 147 Å². The van der Waals surface area contributed by atoms with Crippen LogP contribution in [-0.4, -0.2) is 7.05 Å². The highest BCUT2D eigenvalue weighted by molar-refractivity contribution is 5.87. The second kappa shape index (κ2) is 4.90. The van der Waals surface area contributed by atoms with Gasteiger partial charge in [0, 0.05) is 35.1 Å². The molecule has 0 saturated heterocycles. The molecule has 5 rings (SSSR count). The Hall–Kier alpha value is -3.20. The van der Waals surface area contributed by atoms with Gasteiger partial charge in [-0.15, -0.1) is 0 Å². The maximum absolute atomic E-state index is 6.59. The van der Waals surface area contributed by atoms with Crippen LogP contribution < -0.4 is 15.4 Å². The first-order valence-corrected chi connectivity index (χ1v) is 8.39. The van der Waals surface area contributed by atoms with Crippen LogP contribution in [0.1, 0.15) is 11.1 Å². The van der Waals surface area contributed by atoms with Crippen LogP contribution in [-0.2, 0) is 5.72 Å². The summed E-state index contributed by atoms with van der Waals surface area (Å²) in [5.74, 6) is 0.845. The number of hydrogen-bond acceptors (Lipinski definition) is 3. The smallest absolute Gasteiger partial charge is 0.229 e. The van der Waals surface area contributed by atoms with E-state index in [1.807, 2.05) is 18.2 Å². The van der Waals surface area contributed by atoms with Gasteiger partial charge in [-0.2, -0.15) is 0 Å². The number of para-hydroxylation sites is 1. The number of likely N-dealkylation sites (N-methyl/N-ethyl adjacent to an activating group) is 1. The summed E-state index contributed by atoms with van der Waals surface area (Å²) in [5, 5.41) is 0. The molecule has 3 heteroatoms. The SMILES string of the molecule is CN1c2ccccc2-c2ccccc2C12C=Cc1cc(N)ccc1O2. The molecule has 2 heterocycles. The van der Waals surface area contributed by atoms with E-state index in [1.165, 1.54) is 11.1 Å². The fraction of sp³-hybridized carbons (Fsp3) is 0.0909. The summed E-state index contributed by atoms with van der Waals surface area (Å²) in [6.07, 6.45) is 4.24. The van der Waals surface area contributed by atoms with Crippen molar-refractivity contribution in [3.8, 4) is 16.9 Å². The van der Waals surface area contributed by atoms with E-state index in [0.717, 1.165) is 28.3 Å². The Morgan fingerprint density at radius 2 is 1.68 bits per heavy atom. The zero-order valence-electron chi connectivity index (χ0n) is 13.9. The first kappa shape index (κ1) is 14.2. The molecule has 2 aliphatic heterocycles. The largest absolute Gasteiger partial charge is 0.459 e. The van der Waals surface area contributed by atoms with Gasteiger partial charge in [-0.3, -0.25) is 0 Å². The quantitative estimate of drug-likeness (QED) is 0.611. The Bertz CT molecular complexity index is 1020. The Morgan fingerprint density at radius 1 is 0.920 bits per heavy atom. The van der Waals surface area contributed by atoms with Gasteiger partial charge in [-0.1, -0.05) is 42.5 Å². The molecular formula is C22H18N2O. The van der Waals surface area contributed by atoms with Gasteiger partial charge in [-0.25, -0.2) is 0 Å². The molecule has 0 amide bonds. The maximum atomic E-state index is 6.59. The maximum Gasteiger partial charge on any atom is 0.229 e. The highest BCUT2D eigenvalue weighted by Crippen LogP contribution is 2.50. The van der Waals surface area contributed by atoms with E-state index in [2.05, 4.69) is 72.6 Å². The summed E-state index contributed by atoms with van der Waals surface area (Å²) in [6.45, 7) is 0. The van der Waals surface area contributed by atoms with Crippen molar-refractivity contribution < 1.29 is 4.74 Å². The average Bonchev–Trinajstić information content (AvgIpc) is 2.66. The van der Waals surface area contributed by atoms with Crippen molar-refractivity contribution in [1.29, 1.82) is 0 Å². The summed E-state index contributed by atoms with van der Waals surface area (Å²) in [4.78, 5) is 2.21. The molecule has 0 aromatic heterocycles. The van der Waals surface area contributed by atoms with Gasteiger partial charge in [-0.05, 0) is 42.0 Å². The molecule has 0 radical (unpaired) electrons. The first-order valence-electron chi connectivity index (χ1n) is 8.39. The van der Waals surface area contributed by atoms with Crippen LogP contribution in [0, 0.1) is 0 Å². The molecule has 2 aliphatic rings. The van der Waals surface area contributed by atoms with Gasteiger partial charge in [0.05, 0.1) is 0 Å². The molecule has 122 valence electrons. The topological polar surface area (TPSA) is 38.5 Å². The van der Waals surface area contributed by atoms with Crippen molar-refractivity contribution in [1.82, 2.24) is 0 Å². The van der Waals surface area contributed by atoms with Gasteiger partial charge < -0.3 is 15.4 Å². The highest BCUT2D eigenvalue weighted by Gasteiger charge is 2.44. The van der Waals surface area contributed by atoms with E-state index in [4.69, 9.17) is 10.5 Å². The van der Waals surface area contributed by atoms with Crippen molar-refractivity contribution in [3.05, 3.63) is 83.9 Å². The normalized spacial score (nSPS) is 19.8. The van der Waals surface area contributed by atoms with Crippen LogP contribution in [0.25, 0.3) is 17.2 Å². The van der Waals surface area contributed by atoms with E-state index >= 15 is 0 Å². The standard InChI is InChI=1S/C22H18N2O/c1-24-20-9-5-3-7-18(20)17-6-2-4-8-19(17)22(24)13-12-15-14-16(23)10-11-21(15)25-22/h2-14H,23H2,1H3. The third-order valence-corrected chi connectivity index (χ3v) is 5.16. The third-order valence-electron chi connectivity index (χ3n) is 5.16. The molecule has 1 atom stereocenters. The zero-order chi connectivity index (χ0) is 17.0. The molecule has 3 aromatic rings. The summed E-state index contributed by atoms with van der Waals surface area (Å²) < 4.78 is 6.59. The zero-order valence-corrected chi connectivity index (χ0v) is 13.9. The monoisotopic (exact) mass is 326 g/mol. The molecular weight excluding hydrogens is 308 g/mol. The van der Waals surface area contributed by atoms with Crippen molar-refractivity contribution in [2.45, 2.75) is 5.72 Å². The molecule has 0 saturated carbocycles. The minimum Gasteiger partial charge on any atom is -0.459 e. The van der Waals surface area contributed by atoms with Crippen molar-refractivity contribution >= 4 is 17.5 Å². The number of ether oxygens (including phenoxy) is 1. The van der Waals surface area contributed by atoms with Gasteiger partial charge in [0.2, 0.25) is 5.72 Å². The van der Waals surface area contributed by atoms with E-state index in [0.29, 0.717) is 0 Å². The van der Waals surface area contributed by atoms with Crippen LogP contribution in [0.4, 0.5) is 11.4 Å². The molecule has 0 fully saturated rings. The number of hydrogen-bond donors (Lipinski definition) is 1. The van der Waals surface area contributed by atoms with Gasteiger partial charge >= 0.3 is 0 Å². The van der Waals surface area contributed by atoms with Crippen molar-refractivity contribution in [2.24, 2.45) is 0 Å². The Kier molecular flexibility index (Phi) is 2.78. The van der Waals surface area contributed by atoms with E-state index < -0.39 is 5.72 Å². The number of rotatable bonds is 0. The van der Waals surface area contributed by atoms with E-state index in [9.17, 15) is 0 Å². The number of fused-ring (bicyclic) bond motifs is 5. The van der Waals surface area contributed by atoms with Crippen molar-refractivity contribution in [2.75, 3.05) is 17.7 Å². The number of nitrogens with two attached hydrogens (primary N) is 1. The van der Waals surface area contributed by atoms with Crippen LogP contribution in [0.5, 0.6) is 5.75 Å². The molecule has 1 unspecified atom stereocenters. The summed E-state index contributed by atoms with van der Waals surface area (Å²) in [6, 6.07) is 22.7. The van der Waals surface area contributed by atoms with Gasteiger partial charge in [0.1, 0.15) is 5.75 Å². The molecule has 25 heavy (non-hydrogen) atoms. The predicted octanol–water partition coefficient (Wildman–Crippen LogP) is 4.64. The summed E-state index contributed by atoms with van der Waals surface area (Å²) in [5.41, 5.74) is 11.8. The lowest BCUT2D eigenvalue weighted by atomic mass is 9.84. The van der Waals surface area contributed by atoms with Crippen LogP contribution in [0.3, 0.4) is 0 Å². The summed E-state index contributed by atoms with van der Waals surface area (Å²) >= 11 is 0. The molecule has 3 nitrogen and oxygen atoms in total. The molecule has 2 N–H and O–H groups in total. The van der Waals surface area contributed by atoms with Gasteiger partial charge in [0.25, 0.3) is 0 Å². The predicted molar refractivity (Wildman–Crippen MR) is 102 cm³/mol. The second-order valence-electron chi connectivity index (χ2n) is 6.55. The lowest BCUT2D eigenvalue weighted by Crippen LogP contribution is -2.50. The highest BCUT2D eigenvalue weighted by atomic mass is 16.5. The summed E-state index contributed by atoms with van der Waals surface area (Å²) in [7, 11) is 2.08. The fourth-order valence-corrected chi connectivity index (χ4v) is 3.90. The molecule has 3 aromatic carbocycles. The lowest BCUT2D eigenvalue weighted by molar-refractivity contribution is 0.116. The van der Waals surface area contributed by atoms with Crippen molar-refractivity contribution in [3.63, 3.8) is 0 Å². The lowest BCUT2D eigenvalue weighted by Gasteiger charge is -2.47. The minimum atomic E-state index is -0.659. The number of nitrogen functional groups attached to an aromatic ring is 1. The molecule has 0 bridgehead atoms. The second-order valence-corrected chi connectivity index (χ2v) is 6.55. The number of benzene rings is 3. The molecule has 1 spiro atoms. The van der Waals surface area contributed by atoms with Crippen LogP contribution in [0.15, 0.2) is 72.8 Å². The van der Waals surface area contributed by atoms with E-state index in [-0.39, 0.29) is 0 Å².